The van der Waals surface area contributed by atoms with Crippen molar-refractivity contribution in [2.24, 2.45) is 0 Å². The molecule has 1 aliphatic carbocycles. The van der Waals surface area contributed by atoms with Gasteiger partial charge in [0.25, 0.3) is 10.0 Å². The summed E-state index contributed by atoms with van der Waals surface area (Å²) in [6, 6.07) is 4.86. The molecule has 8 heteroatoms. The van der Waals surface area contributed by atoms with Gasteiger partial charge in [0.1, 0.15) is 14.8 Å². The van der Waals surface area contributed by atoms with Crippen LogP contribution in [0.1, 0.15) is 46.7 Å². The topological polar surface area (TPSA) is 87.8 Å². The van der Waals surface area contributed by atoms with Gasteiger partial charge < -0.3 is 9.52 Å². The van der Waals surface area contributed by atoms with Crippen LogP contribution in [0.5, 0.6) is 0 Å². The number of aryl methyl sites for hydroxylation is 1. The summed E-state index contributed by atoms with van der Waals surface area (Å²) in [5.41, 5.74) is 0.468. The minimum Gasteiger partial charge on any atom is -0.477 e. The maximum Gasteiger partial charge on any atom is 0.346 e. The van der Waals surface area contributed by atoms with E-state index in [1.54, 1.807) is 19.1 Å². The van der Waals surface area contributed by atoms with Gasteiger partial charge in [-0.25, -0.2) is 13.2 Å². The highest BCUT2D eigenvalue weighted by atomic mass is 32.2. The highest BCUT2D eigenvalue weighted by Crippen LogP contribution is 2.34. The smallest absolute Gasteiger partial charge is 0.346 e. The molecule has 0 unspecified atom stereocenters. The molecule has 0 spiro atoms. The maximum absolute atomic E-state index is 13.1. The molecule has 2 heterocycles. The first-order chi connectivity index (χ1) is 11.4. The summed E-state index contributed by atoms with van der Waals surface area (Å²) in [5.74, 6) is -0.519. The fraction of sp³-hybridized carbons (Fsp3) is 0.438. The van der Waals surface area contributed by atoms with Crippen LogP contribution in [0.2, 0.25) is 0 Å². The van der Waals surface area contributed by atoms with Gasteiger partial charge in [-0.1, -0.05) is 12.8 Å². The molecule has 1 fully saturated rings. The second-order valence-electron chi connectivity index (χ2n) is 5.95. The summed E-state index contributed by atoms with van der Waals surface area (Å²) in [6.07, 6.45) is 5.15. The van der Waals surface area contributed by atoms with Crippen molar-refractivity contribution in [1.29, 1.82) is 0 Å². The van der Waals surface area contributed by atoms with Crippen molar-refractivity contribution in [3.63, 3.8) is 0 Å². The van der Waals surface area contributed by atoms with Gasteiger partial charge in [0.15, 0.2) is 0 Å². The summed E-state index contributed by atoms with van der Waals surface area (Å²) >= 11 is 0.815. The summed E-state index contributed by atoms with van der Waals surface area (Å²) in [4.78, 5) is 11.3. The van der Waals surface area contributed by atoms with Gasteiger partial charge in [0.05, 0.1) is 12.8 Å². The minimum atomic E-state index is -3.77. The van der Waals surface area contributed by atoms with Crippen molar-refractivity contribution in [2.75, 3.05) is 0 Å². The van der Waals surface area contributed by atoms with Crippen LogP contribution in [0.15, 0.2) is 33.1 Å². The van der Waals surface area contributed by atoms with Crippen molar-refractivity contribution in [2.45, 2.75) is 49.4 Å². The number of carboxylic acid groups (broad SMARTS) is 1. The Morgan fingerprint density at radius 1 is 1.42 bits per heavy atom. The SMILES string of the molecule is Cc1cc(S(=O)(=O)N(Cc2ccco2)C2CCCC2)sc1C(=O)O. The minimum absolute atomic E-state index is 0.0675. The Balaban J connectivity index is 1.98. The van der Waals surface area contributed by atoms with Crippen LogP contribution in [0.3, 0.4) is 0 Å². The number of hydrogen-bond donors (Lipinski definition) is 1. The summed E-state index contributed by atoms with van der Waals surface area (Å²) in [7, 11) is -3.77. The molecular formula is C16H19NO5S2. The predicted molar refractivity (Wildman–Crippen MR) is 89.7 cm³/mol. The van der Waals surface area contributed by atoms with Gasteiger partial charge in [-0.2, -0.15) is 4.31 Å². The molecule has 2 aromatic rings. The first-order valence-electron chi connectivity index (χ1n) is 7.77. The molecule has 3 rings (SSSR count). The lowest BCUT2D eigenvalue weighted by atomic mass is 10.2. The van der Waals surface area contributed by atoms with E-state index in [2.05, 4.69) is 0 Å². The van der Waals surface area contributed by atoms with Crippen LogP contribution in [-0.2, 0) is 16.6 Å². The van der Waals surface area contributed by atoms with Gasteiger partial charge in [-0.15, -0.1) is 11.3 Å². The van der Waals surface area contributed by atoms with Crippen LogP contribution in [0, 0.1) is 6.92 Å². The van der Waals surface area contributed by atoms with Gasteiger partial charge >= 0.3 is 5.97 Å². The number of carboxylic acids is 1. The van der Waals surface area contributed by atoms with Crippen LogP contribution < -0.4 is 0 Å². The molecule has 6 nitrogen and oxygen atoms in total. The Bertz CT molecular complexity index is 817. The number of rotatable bonds is 6. The van der Waals surface area contributed by atoms with Gasteiger partial charge in [-0.3, -0.25) is 0 Å². The Kier molecular flexibility index (Phi) is 4.80. The zero-order valence-corrected chi connectivity index (χ0v) is 14.9. The van der Waals surface area contributed by atoms with E-state index in [0.29, 0.717) is 11.3 Å². The molecule has 0 amide bonds. The number of carbonyl (C=O) groups is 1. The maximum atomic E-state index is 13.1. The van der Waals surface area contributed by atoms with Crippen molar-refractivity contribution < 1.29 is 22.7 Å². The fourth-order valence-corrected chi connectivity index (χ4v) is 6.23. The molecule has 0 radical (unpaired) electrons. The Morgan fingerprint density at radius 2 is 2.12 bits per heavy atom. The molecule has 0 atom stereocenters. The number of furan rings is 1. The number of nitrogens with zero attached hydrogens (tertiary/aromatic N) is 1. The lowest BCUT2D eigenvalue weighted by Crippen LogP contribution is -2.37. The monoisotopic (exact) mass is 369 g/mol. The lowest BCUT2D eigenvalue weighted by molar-refractivity contribution is 0.0701. The Morgan fingerprint density at radius 3 is 2.67 bits per heavy atom. The molecule has 0 aliphatic heterocycles. The zero-order valence-electron chi connectivity index (χ0n) is 13.3. The summed E-state index contributed by atoms with van der Waals surface area (Å²) in [5, 5.41) is 9.19. The molecule has 1 N–H and O–H groups in total. The first-order valence-corrected chi connectivity index (χ1v) is 10.0. The Hall–Kier alpha value is -1.64. The van der Waals surface area contributed by atoms with E-state index in [1.807, 2.05) is 0 Å². The van der Waals surface area contributed by atoms with Crippen molar-refractivity contribution in [3.05, 3.63) is 40.7 Å². The third-order valence-electron chi connectivity index (χ3n) is 4.28. The zero-order chi connectivity index (χ0) is 17.3. The normalized spacial score (nSPS) is 16.1. The molecule has 24 heavy (non-hydrogen) atoms. The molecule has 1 saturated carbocycles. The number of sulfonamides is 1. The molecular weight excluding hydrogens is 350 g/mol. The van der Waals surface area contributed by atoms with Gasteiger partial charge in [-0.05, 0) is 43.5 Å². The van der Waals surface area contributed by atoms with E-state index in [-0.39, 0.29) is 21.7 Å². The van der Waals surface area contributed by atoms with E-state index in [4.69, 9.17) is 4.42 Å². The van der Waals surface area contributed by atoms with E-state index in [0.717, 1.165) is 37.0 Å². The van der Waals surface area contributed by atoms with Gasteiger partial charge in [0.2, 0.25) is 0 Å². The van der Waals surface area contributed by atoms with Crippen LogP contribution in [0.4, 0.5) is 0 Å². The highest BCUT2D eigenvalue weighted by molar-refractivity contribution is 7.91. The average Bonchev–Trinajstić information content (AvgIpc) is 3.26. The fourth-order valence-electron chi connectivity index (χ4n) is 3.07. The molecule has 0 aromatic carbocycles. The first kappa shape index (κ1) is 17.2. The van der Waals surface area contributed by atoms with E-state index in [9.17, 15) is 18.3 Å². The Labute approximate surface area is 144 Å². The summed E-state index contributed by atoms with van der Waals surface area (Å²) in [6.45, 7) is 1.78. The highest BCUT2D eigenvalue weighted by Gasteiger charge is 2.35. The number of thiophene rings is 1. The molecule has 1 aliphatic rings. The third kappa shape index (κ3) is 3.26. The van der Waals surface area contributed by atoms with Crippen molar-refractivity contribution in [1.82, 2.24) is 4.31 Å². The van der Waals surface area contributed by atoms with Gasteiger partial charge in [0, 0.05) is 6.04 Å². The largest absolute Gasteiger partial charge is 0.477 e. The molecule has 0 saturated heterocycles. The van der Waals surface area contributed by atoms with Crippen LogP contribution in [-0.4, -0.2) is 29.8 Å². The number of aromatic carboxylic acids is 1. The second-order valence-corrected chi connectivity index (χ2v) is 9.12. The van der Waals surface area contributed by atoms with Crippen LogP contribution >= 0.6 is 11.3 Å². The summed E-state index contributed by atoms with van der Waals surface area (Å²) < 4.78 is 33.1. The van der Waals surface area contributed by atoms with Crippen LogP contribution in [0.25, 0.3) is 0 Å². The average molecular weight is 369 g/mol. The third-order valence-corrected chi connectivity index (χ3v) is 7.85. The number of hydrogen-bond acceptors (Lipinski definition) is 5. The van der Waals surface area contributed by atoms with Crippen molar-refractivity contribution in [3.8, 4) is 0 Å². The predicted octanol–water partition coefficient (Wildman–Crippen LogP) is 3.48. The van der Waals surface area contributed by atoms with E-state index < -0.39 is 16.0 Å². The molecule has 2 aromatic heterocycles. The van der Waals surface area contributed by atoms with E-state index >= 15 is 0 Å². The quantitative estimate of drug-likeness (QED) is 0.842. The van der Waals surface area contributed by atoms with E-state index in [1.165, 1.54) is 16.6 Å². The molecule has 130 valence electrons. The van der Waals surface area contributed by atoms with Crippen molar-refractivity contribution >= 4 is 27.3 Å². The lowest BCUT2D eigenvalue weighted by Gasteiger charge is -2.26. The molecule has 0 bridgehead atoms. The standard InChI is InChI=1S/C16H19NO5S2/c1-11-9-14(23-15(11)16(18)19)24(20,21)17(12-5-2-3-6-12)10-13-7-4-8-22-13/h4,7-9,12H,2-3,5-6,10H2,1H3,(H,18,19). The second kappa shape index (κ2) is 6.70.